The van der Waals surface area contributed by atoms with Crippen LogP contribution in [-0.2, 0) is 33.5 Å². The second-order valence-corrected chi connectivity index (χ2v) is 7.20. The van der Waals surface area contributed by atoms with Crippen LogP contribution in [0.1, 0.15) is 32.1 Å². The molecule has 0 radical (unpaired) electrons. The third-order valence-electron chi connectivity index (χ3n) is 4.76. The minimum absolute atomic E-state index is 0.132. The van der Waals surface area contributed by atoms with Gasteiger partial charge in [-0.2, -0.15) is 0 Å². The number of carbonyl (C=O) groups excluding carboxylic acids is 6. The molecular weight excluding hydrogens is 438 g/mol. The molecule has 0 spiro atoms. The number of rotatable bonds is 13. The normalized spacial score (nSPS) is 20.8. The molecule has 0 bridgehead atoms. The summed E-state index contributed by atoms with van der Waals surface area (Å²) < 4.78 is 4.67. The molecular formula is C17H23N3O12-2. The van der Waals surface area contributed by atoms with E-state index < -0.39 is 85.5 Å². The van der Waals surface area contributed by atoms with E-state index in [0.717, 1.165) is 0 Å². The number of esters is 1. The van der Waals surface area contributed by atoms with Gasteiger partial charge in [-0.1, -0.05) is 0 Å². The molecule has 2 amide bonds. The summed E-state index contributed by atoms with van der Waals surface area (Å²) >= 11 is 0. The number of carbonyl (C=O) groups is 6. The number of amides is 2. The molecule has 1 heterocycles. The van der Waals surface area contributed by atoms with Crippen molar-refractivity contribution in [2.45, 2.75) is 49.5 Å². The third-order valence-corrected chi connectivity index (χ3v) is 4.76. The molecule has 0 aromatic rings. The zero-order valence-electron chi connectivity index (χ0n) is 16.9. The van der Waals surface area contributed by atoms with Crippen molar-refractivity contribution in [1.82, 2.24) is 10.2 Å². The van der Waals surface area contributed by atoms with E-state index in [9.17, 15) is 54.3 Å². The Balaban J connectivity index is 2.58. The first-order valence-electron chi connectivity index (χ1n) is 9.37. The second kappa shape index (κ2) is 10.8. The number of likely N-dealkylation sites (tertiary alicyclic amines) is 1. The lowest BCUT2D eigenvalue weighted by atomic mass is 9.95. The van der Waals surface area contributed by atoms with Crippen molar-refractivity contribution in [3.63, 3.8) is 0 Å². The third kappa shape index (κ3) is 6.86. The summed E-state index contributed by atoms with van der Waals surface area (Å²) in [6, 6.07) is -1.14. The first-order valence-corrected chi connectivity index (χ1v) is 9.37. The Hall–Kier alpha value is -3.30. The predicted octanol–water partition coefficient (Wildman–Crippen LogP) is -8.28. The number of hydrogen-bond acceptors (Lipinski definition) is 12. The number of aliphatic hydroxyl groups is 2. The molecule has 1 fully saturated rings. The lowest BCUT2D eigenvalue weighted by Gasteiger charge is -2.34. The number of aliphatic carboxylic acids is 3. The minimum Gasteiger partial charge on any atom is -0.547 e. The van der Waals surface area contributed by atoms with Crippen LogP contribution in [-0.4, -0.2) is 87.9 Å². The summed E-state index contributed by atoms with van der Waals surface area (Å²) in [6.07, 6.45) is -3.19. The summed E-state index contributed by atoms with van der Waals surface area (Å²) in [5.41, 5.74) is -2.28. The smallest absolute Gasteiger partial charge is 0.309 e. The van der Waals surface area contributed by atoms with Gasteiger partial charge in [-0.3, -0.25) is 14.4 Å². The molecule has 6 N–H and O–H groups in total. The maximum atomic E-state index is 11.9. The quantitative estimate of drug-likeness (QED) is 0.186. The standard InChI is InChI=1S/C17H25N3O12/c18-9(13(24)25)2-4-19-10(21)7-16(30,14(26)27)8-12(23)32-6-5-20-11(22)1-3-17(20,31)15(28)29/h9,30-31H,1-8,18H2,(H,19,21)(H,24,25)(H,26,27)(H,28,29)/p-2. The van der Waals surface area contributed by atoms with Crippen LogP contribution in [0.3, 0.4) is 0 Å². The number of nitrogens with zero attached hydrogens (tertiary/aromatic N) is 1. The second-order valence-electron chi connectivity index (χ2n) is 7.20. The fourth-order valence-corrected chi connectivity index (χ4v) is 2.86. The van der Waals surface area contributed by atoms with Gasteiger partial charge in [0.05, 0.1) is 37.3 Å². The first-order chi connectivity index (χ1) is 14.7. The number of carboxylic acids is 3. The Morgan fingerprint density at radius 2 is 1.84 bits per heavy atom. The highest BCUT2D eigenvalue weighted by atomic mass is 16.5. The maximum absolute atomic E-state index is 11.9. The molecule has 180 valence electrons. The van der Waals surface area contributed by atoms with Gasteiger partial charge < -0.3 is 60.6 Å². The average molecular weight is 461 g/mol. The van der Waals surface area contributed by atoms with Crippen LogP contribution < -0.4 is 26.4 Å². The highest BCUT2D eigenvalue weighted by Gasteiger charge is 2.45. The number of carboxylic acid groups (broad SMARTS) is 3. The predicted molar refractivity (Wildman–Crippen MR) is 90.4 cm³/mol. The van der Waals surface area contributed by atoms with E-state index in [4.69, 9.17) is 0 Å². The van der Waals surface area contributed by atoms with Crippen LogP contribution in [0.25, 0.3) is 0 Å². The summed E-state index contributed by atoms with van der Waals surface area (Å²) in [7, 11) is 0. The van der Waals surface area contributed by atoms with Crippen LogP contribution in [0.5, 0.6) is 0 Å². The van der Waals surface area contributed by atoms with Crippen molar-refractivity contribution in [2.24, 2.45) is 0 Å². The molecule has 1 saturated heterocycles. The number of hydrogen-bond donors (Lipinski definition) is 4. The van der Waals surface area contributed by atoms with Gasteiger partial charge in [0.25, 0.3) is 0 Å². The van der Waals surface area contributed by atoms with Crippen molar-refractivity contribution < 1.29 is 64.8 Å². The summed E-state index contributed by atoms with van der Waals surface area (Å²) in [5.74, 6) is -8.62. The topological polar surface area (TPSA) is 264 Å². The molecule has 0 aromatic carbocycles. The number of nitrogens with one attached hydrogen (secondary N) is 1. The van der Waals surface area contributed by atoms with Gasteiger partial charge in [-0.15, -0.1) is 0 Å². The average Bonchev–Trinajstić information content (AvgIpc) is 2.97. The molecule has 15 nitrogen and oxygen atoms in total. The Morgan fingerprint density at radius 1 is 1.22 bits per heavy atom. The highest BCUT2D eigenvalue weighted by molar-refractivity contribution is 5.90. The van der Waals surface area contributed by atoms with E-state index in [0.29, 0.717) is 4.90 Å². The molecule has 0 saturated carbocycles. The Bertz CT molecular complexity index is 787. The van der Waals surface area contributed by atoms with Crippen molar-refractivity contribution >= 4 is 35.7 Å². The largest absolute Gasteiger partial charge is 0.547 e. The molecule has 15 heteroatoms. The Kier molecular flexibility index (Phi) is 9.05. The van der Waals surface area contributed by atoms with Gasteiger partial charge in [0, 0.05) is 25.8 Å². The SMILES string of the molecule is [NH3+]C(CCNC(=O)CC(O)(CC(=O)OCCN1C(=O)CCC1(O)C(=O)[O-])C(=O)[O-])C(=O)[O-]. The lowest BCUT2D eigenvalue weighted by Crippen LogP contribution is -2.68. The van der Waals surface area contributed by atoms with Crippen LogP contribution in [0, 0.1) is 0 Å². The van der Waals surface area contributed by atoms with Crippen LogP contribution in [0.15, 0.2) is 0 Å². The summed E-state index contributed by atoms with van der Waals surface area (Å²) in [5, 5.41) is 55.0. The Labute approximate surface area is 180 Å². The van der Waals surface area contributed by atoms with Crippen molar-refractivity contribution in [2.75, 3.05) is 19.7 Å². The molecule has 3 unspecified atom stereocenters. The van der Waals surface area contributed by atoms with E-state index in [-0.39, 0.29) is 19.4 Å². The van der Waals surface area contributed by atoms with E-state index in [1.807, 2.05) is 0 Å². The monoisotopic (exact) mass is 461 g/mol. The zero-order chi connectivity index (χ0) is 24.7. The summed E-state index contributed by atoms with van der Waals surface area (Å²) in [6.45, 7) is -1.42. The van der Waals surface area contributed by atoms with Crippen LogP contribution >= 0.6 is 0 Å². The minimum atomic E-state index is -2.96. The lowest BCUT2D eigenvalue weighted by molar-refractivity contribution is -0.438. The molecule has 1 rings (SSSR count). The molecule has 3 atom stereocenters. The fourth-order valence-electron chi connectivity index (χ4n) is 2.86. The van der Waals surface area contributed by atoms with E-state index in [1.54, 1.807) is 0 Å². The molecule has 0 aliphatic carbocycles. The van der Waals surface area contributed by atoms with E-state index in [1.165, 1.54) is 0 Å². The zero-order valence-corrected chi connectivity index (χ0v) is 16.9. The Morgan fingerprint density at radius 3 is 2.38 bits per heavy atom. The summed E-state index contributed by atoms with van der Waals surface area (Å²) in [4.78, 5) is 68.8. The van der Waals surface area contributed by atoms with Gasteiger partial charge in [0.1, 0.15) is 18.2 Å². The van der Waals surface area contributed by atoms with Crippen LogP contribution in [0.4, 0.5) is 0 Å². The number of ether oxygens (including phenoxy) is 1. The van der Waals surface area contributed by atoms with Crippen molar-refractivity contribution in [1.29, 1.82) is 0 Å². The molecule has 0 aromatic heterocycles. The van der Waals surface area contributed by atoms with Crippen LogP contribution in [0.2, 0.25) is 0 Å². The van der Waals surface area contributed by atoms with Crippen molar-refractivity contribution in [3.05, 3.63) is 0 Å². The van der Waals surface area contributed by atoms with E-state index >= 15 is 0 Å². The highest BCUT2D eigenvalue weighted by Crippen LogP contribution is 2.27. The van der Waals surface area contributed by atoms with Gasteiger partial charge in [-0.25, -0.2) is 0 Å². The van der Waals surface area contributed by atoms with E-state index in [2.05, 4.69) is 15.8 Å². The fraction of sp³-hybridized carbons (Fsp3) is 0.647. The van der Waals surface area contributed by atoms with Gasteiger partial charge in [0.15, 0.2) is 5.72 Å². The number of quaternary nitrogens is 1. The van der Waals surface area contributed by atoms with Crippen molar-refractivity contribution in [3.8, 4) is 0 Å². The maximum Gasteiger partial charge on any atom is 0.309 e. The van der Waals surface area contributed by atoms with Gasteiger partial charge in [0.2, 0.25) is 11.8 Å². The van der Waals surface area contributed by atoms with Gasteiger partial charge >= 0.3 is 5.97 Å². The van der Waals surface area contributed by atoms with Gasteiger partial charge in [-0.05, 0) is 0 Å². The first kappa shape index (κ1) is 26.7. The molecule has 1 aliphatic rings. The molecule has 32 heavy (non-hydrogen) atoms. The molecule has 1 aliphatic heterocycles.